The van der Waals surface area contributed by atoms with Crippen molar-refractivity contribution in [1.82, 2.24) is 4.90 Å². The monoisotopic (exact) mass is 265 g/mol. The molecule has 1 saturated carbocycles. The Bertz CT molecular complexity index is 387. The van der Waals surface area contributed by atoms with Crippen LogP contribution in [0.4, 0.5) is 0 Å². The Balaban J connectivity index is 2.01. The van der Waals surface area contributed by atoms with Crippen LogP contribution in [0.2, 0.25) is 0 Å². The Morgan fingerprint density at radius 2 is 2.16 bits per heavy atom. The molecule has 4 nitrogen and oxygen atoms in total. The molecular formula is C15H23NO3. The Hall–Kier alpha value is -1.32. The van der Waals surface area contributed by atoms with Gasteiger partial charge in [-0.15, -0.1) is 6.58 Å². The van der Waals surface area contributed by atoms with Crippen molar-refractivity contribution in [3.63, 3.8) is 0 Å². The van der Waals surface area contributed by atoms with E-state index in [-0.39, 0.29) is 23.2 Å². The molecule has 1 amide bonds. The number of rotatable bonds is 4. The van der Waals surface area contributed by atoms with E-state index in [4.69, 9.17) is 5.11 Å². The van der Waals surface area contributed by atoms with Gasteiger partial charge in [0.1, 0.15) is 0 Å². The highest BCUT2D eigenvalue weighted by atomic mass is 16.4. The molecule has 1 aliphatic carbocycles. The second kappa shape index (κ2) is 5.35. The molecule has 1 saturated heterocycles. The van der Waals surface area contributed by atoms with Crippen molar-refractivity contribution in [3.05, 3.63) is 12.7 Å². The third-order valence-corrected chi connectivity index (χ3v) is 4.81. The lowest BCUT2D eigenvalue weighted by Crippen LogP contribution is -2.52. The number of likely N-dealkylation sites (tertiary alicyclic amines) is 1. The number of piperidine rings is 1. The van der Waals surface area contributed by atoms with Gasteiger partial charge >= 0.3 is 5.97 Å². The van der Waals surface area contributed by atoms with Gasteiger partial charge in [-0.3, -0.25) is 9.59 Å². The second-order valence-corrected chi connectivity index (χ2v) is 6.09. The summed E-state index contributed by atoms with van der Waals surface area (Å²) in [5.41, 5.74) is -0.225. The number of carboxylic acid groups (broad SMARTS) is 1. The minimum atomic E-state index is -0.732. The molecule has 2 aliphatic rings. The first kappa shape index (κ1) is 14.1. The fraction of sp³-hybridized carbons (Fsp3) is 0.733. The van der Waals surface area contributed by atoms with Crippen LogP contribution in [-0.4, -0.2) is 35.0 Å². The third kappa shape index (κ3) is 2.53. The number of aliphatic carboxylic acids is 1. The minimum Gasteiger partial charge on any atom is -0.481 e. The van der Waals surface area contributed by atoms with E-state index in [0.29, 0.717) is 19.5 Å². The smallest absolute Gasteiger partial charge is 0.306 e. The van der Waals surface area contributed by atoms with Crippen molar-refractivity contribution in [2.45, 2.75) is 39.0 Å². The van der Waals surface area contributed by atoms with Gasteiger partial charge in [-0.25, -0.2) is 0 Å². The van der Waals surface area contributed by atoms with Gasteiger partial charge in [0, 0.05) is 13.1 Å². The van der Waals surface area contributed by atoms with Crippen molar-refractivity contribution in [2.75, 3.05) is 13.1 Å². The van der Waals surface area contributed by atoms with Crippen molar-refractivity contribution in [2.24, 2.45) is 17.3 Å². The van der Waals surface area contributed by atoms with Crippen LogP contribution < -0.4 is 0 Å². The summed E-state index contributed by atoms with van der Waals surface area (Å²) in [5.74, 6) is -0.782. The summed E-state index contributed by atoms with van der Waals surface area (Å²) in [5, 5.41) is 9.12. The van der Waals surface area contributed by atoms with Crippen LogP contribution in [0.3, 0.4) is 0 Å². The van der Waals surface area contributed by atoms with E-state index in [2.05, 4.69) is 6.58 Å². The zero-order chi connectivity index (χ0) is 14.0. The Labute approximate surface area is 114 Å². The summed E-state index contributed by atoms with van der Waals surface area (Å²) in [6.07, 6.45) is 6.17. The summed E-state index contributed by atoms with van der Waals surface area (Å²) < 4.78 is 0. The molecule has 2 rings (SSSR count). The Morgan fingerprint density at radius 1 is 1.47 bits per heavy atom. The van der Waals surface area contributed by atoms with Gasteiger partial charge in [-0.2, -0.15) is 0 Å². The number of allylic oxidation sites excluding steroid dienone is 1. The lowest BCUT2D eigenvalue weighted by Gasteiger charge is -2.45. The fourth-order valence-corrected chi connectivity index (χ4v) is 3.42. The van der Waals surface area contributed by atoms with Gasteiger partial charge in [0.05, 0.1) is 11.3 Å². The molecule has 2 unspecified atom stereocenters. The lowest BCUT2D eigenvalue weighted by molar-refractivity contribution is -0.155. The number of hydrogen-bond acceptors (Lipinski definition) is 2. The standard InChI is InChI=1S/C15H23NO3/c1-3-6-15(7-4-8-15)14(19)16-9-5-12(13(17)18)11(2)10-16/h3,11-12H,1,4-10H2,2H3,(H,17,18). The van der Waals surface area contributed by atoms with Crippen LogP contribution in [-0.2, 0) is 9.59 Å². The molecule has 0 aromatic carbocycles. The molecule has 4 heteroatoms. The molecule has 0 aromatic rings. The van der Waals surface area contributed by atoms with Crippen LogP contribution in [0.15, 0.2) is 12.7 Å². The normalized spacial score (nSPS) is 29.4. The van der Waals surface area contributed by atoms with E-state index in [1.54, 1.807) is 0 Å². The van der Waals surface area contributed by atoms with Crippen LogP contribution >= 0.6 is 0 Å². The van der Waals surface area contributed by atoms with Crippen LogP contribution in [0.25, 0.3) is 0 Å². The first-order chi connectivity index (χ1) is 9.00. The van der Waals surface area contributed by atoms with Gasteiger partial charge < -0.3 is 10.0 Å². The minimum absolute atomic E-state index is 0.0380. The SMILES string of the molecule is C=CCC1(C(=O)N2CCC(C(=O)O)C(C)C2)CCC1. The van der Waals surface area contributed by atoms with Crippen molar-refractivity contribution < 1.29 is 14.7 Å². The molecule has 2 fully saturated rings. The molecule has 19 heavy (non-hydrogen) atoms. The molecule has 106 valence electrons. The first-order valence-corrected chi connectivity index (χ1v) is 7.13. The maximum Gasteiger partial charge on any atom is 0.306 e. The van der Waals surface area contributed by atoms with Crippen LogP contribution in [0.5, 0.6) is 0 Å². The van der Waals surface area contributed by atoms with Gasteiger partial charge in [0.25, 0.3) is 0 Å². The highest BCUT2D eigenvalue weighted by Gasteiger charge is 2.46. The van der Waals surface area contributed by atoms with E-state index >= 15 is 0 Å². The number of amides is 1. The average Bonchev–Trinajstić information content (AvgIpc) is 2.32. The lowest BCUT2D eigenvalue weighted by atomic mass is 9.65. The van der Waals surface area contributed by atoms with Crippen molar-refractivity contribution in [1.29, 1.82) is 0 Å². The highest BCUT2D eigenvalue weighted by molar-refractivity contribution is 5.84. The number of carbonyl (C=O) groups excluding carboxylic acids is 1. The molecular weight excluding hydrogens is 242 g/mol. The van der Waals surface area contributed by atoms with E-state index < -0.39 is 5.97 Å². The predicted molar refractivity (Wildman–Crippen MR) is 72.6 cm³/mol. The van der Waals surface area contributed by atoms with Gasteiger partial charge in [-0.1, -0.05) is 19.4 Å². The predicted octanol–water partition coefficient (Wildman–Crippen LogP) is 2.30. The van der Waals surface area contributed by atoms with E-state index in [9.17, 15) is 9.59 Å². The average molecular weight is 265 g/mol. The highest BCUT2D eigenvalue weighted by Crippen LogP contribution is 2.46. The fourth-order valence-electron chi connectivity index (χ4n) is 3.42. The molecule has 0 aromatic heterocycles. The summed E-state index contributed by atoms with van der Waals surface area (Å²) >= 11 is 0. The topological polar surface area (TPSA) is 57.6 Å². The number of nitrogens with zero attached hydrogens (tertiary/aromatic N) is 1. The molecule has 1 heterocycles. The summed E-state index contributed by atoms with van der Waals surface area (Å²) in [4.78, 5) is 25.6. The quantitative estimate of drug-likeness (QED) is 0.793. The second-order valence-electron chi connectivity index (χ2n) is 6.09. The largest absolute Gasteiger partial charge is 0.481 e. The summed E-state index contributed by atoms with van der Waals surface area (Å²) in [6, 6.07) is 0. The van der Waals surface area contributed by atoms with Gasteiger partial charge in [0.15, 0.2) is 0 Å². The zero-order valence-corrected chi connectivity index (χ0v) is 11.6. The molecule has 0 spiro atoms. The number of carboxylic acids is 1. The Kier molecular flexibility index (Phi) is 3.97. The summed E-state index contributed by atoms with van der Waals surface area (Å²) in [6.45, 7) is 6.85. The number of hydrogen-bond donors (Lipinski definition) is 1. The number of carbonyl (C=O) groups is 2. The maximum absolute atomic E-state index is 12.6. The van der Waals surface area contributed by atoms with E-state index in [1.807, 2.05) is 17.9 Å². The molecule has 1 N–H and O–H groups in total. The van der Waals surface area contributed by atoms with Crippen molar-refractivity contribution >= 4 is 11.9 Å². The maximum atomic E-state index is 12.6. The molecule has 2 atom stereocenters. The van der Waals surface area contributed by atoms with Gasteiger partial charge in [0.2, 0.25) is 5.91 Å². The summed E-state index contributed by atoms with van der Waals surface area (Å²) in [7, 11) is 0. The molecule has 0 radical (unpaired) electrons. The van der Waals surface area contributed by atoms with Gasteiger partial charge in [-0.05, 0) is 31.6 Å². The van der Waals surface area contributed by atoms with Crippen molar-refractivity contribution in [3.8, 4) is 0 Å². The molecule has 1 aliphatic heterocycles. The Morgan fingerprint density at radius 3 is 2.58 bits per heavy atom. The van der Waals surface area contributed by atoms with E-state index in [0.717, 1.165) is 25.7 Å². The third-order valence-electron chi connectivity index (χ3n) is 4.81. The van der Waals surface area contributed by atoms with E-state index in [1.165, 1.54) is 0 Å². The first-order valence-electron chi connectivity index (χ1n) is 7.13. The molecule has 0 bridgehead atoms. The van der Waals surface area contributed by atoms with Crippen LogP contribution in [0, 0.1) is 17.3 Å². The van der Waals surface area contributed by atoms with Crippen LogP contribution in [0.1, 0.15) is 39.0 Å². The zero-order valence-electron chi connectivity index (χ0n) is 11.6.